The predicted molar refractivity (Wildman–Crippen MR) is 138 cm³/mol. The van der Waals surface area contributed by atoms with Gasteiger partial charge in [0, 0.05) is 12.6 Å². The number of sulfone groups is 1. The lowest BCUT2D eigenvalue weighted by Crippen LogP contribution is -2.50. The Morgan fingerprint density at radius 1 is 1.11 bits per heavy atom. The lowest BCUT2D eigenvalue weighted by atomic mass is 9.99. The molecule has 2 aromatic carbocycles. The van der Waals surface area contributed by atoms with Crippen molar-refractivity contribution in [1.82, 2.24) is 10.2 Å². The summed E-state index contributed by atoms with van der Waals surface area (Å²) in [6, 6.07) is 10.7. The topological polar surface area (TPSA) is 135 Å². The molecule has 3 atom stereocenters. The predicted octanol–water partition coefficient (Wildman–Crippen LogP) is 3.73. The Hall–Kier alpha value is -3.02. The number of nitrogens with zero attached hydrogens (tertiary/aromatic N) is 1. The average Bonchev–Trinajstić information content (AvgIpc) is 3.60. The number of phenolic OH excluding ortho intramolecular Hbond substituents is 1. The summed E-state index contributed by atoms with van der Waals surface area (Å²) in [5, 5.41) is 22.1. The molecule has 2 fully saturated rings. The molecule has 1 saturated heterocycles. The first-order valence-electron chi connectivity index (χ1n) is 12.9. The van der Waals surface area contributed by atoms with E-state index in [0.717, 1.165) is 31.2 Å². The summed E-state index contributed by atoms with van der Waals surface area (Å²) < 4.78 is 44.8. The highest BCUT2D eigenvalue weighted by Gasteiger charge is 2.50. The van der Waals surface area contributed by atoms with Crippen molar-refractivity contribution < 1.29 is 37.6 Å². The van der Waals surface area contributed by atoms with Gasteiger partial charge in [-0.3, -0.25) is 10.2 Å². The molecule has 1 saturated carbocycles. The van der Waals surface area contributed by atoms with Crippen molar-refractivity contribution >= 4 is 15.9 Å². The van der Waals surface area contributed by atoms with Crippen molar-refractivity contribution in [3.63, 3.8) is 0 Å². The summed E-state index contributed by atoms with van der Waals surface area (Å²) in [7, 11) is -3.80. The second-order valence-corrected chi connectivity index (χ2v) is 12.7. The molecule has 1 aliphatic carbocycles. The third kappa shape index (κ3) is 5.14. The molecule has 2 heterocycles. The molecule has 5 rings (SSSR count). The smallest absolute Gasteiger partial charge is 0.409 e. The molecule has 1 unspecified atom stereocenters. The van der Waals surface area contributed by atoms with Crippen molar-refractivity contribution in [2.24, 2.45) is 5.92 Å². The number of rotatable bonds is 8. The lowest BCUT2D eigenvalue weighted by molar-refractivity contribution is -0.0658. The zero-order chi connectivity index (χ0) is 27.1. The Morgan fingerprint density at radius 3 is 2.47 bits per heavy atom. The van der Waals surface area contributed by atoms with E-state index in [1.54, 1.807) is 50.2 Å². The van der Waals surface area contributed by atoms with E-state index < -0.39 is 39.2 Å². The summed E-state index contributed by atoms with van der Waals surface area (Å²) in [5.41, 5.74) is -0.260. The molecule has 0 spiro atoms. The Morgan fingerprint density at radius 2 is 1.79 bits per heavy atom. The SMILES string of the molecule is CC1(C)O[C@H](CNC(C2CCCC2)S(=O)(=O)c2ccc3c(c2)OCO3)[C@H](Cc2ccc(O)cc2)N1C(=O)O. The van der Waals surface area contributed by atoms with Gasteiger partial charge in [-0.1, -0.05) is 25.0 Å². The molecule has 10 nitrogen and oxygen atoms in total. The number of carboxylic acid groups (broad SMARTS) is 1. The van der Waals surface area contributed by atoms with E-state index in [9.17, 15) is 23.4 Å². The maximum absolute atomic E-state index is 13.9. The molecule has 0 bridgehead atoms. The molecule has 1 amide bonds. The molecule has 0 radical (unpaired) electrons. The number of fused-ring (bicyclic) bond motifs is 1. The molecule has 0 aromatic heterocycles. The van der Waals surface area contributed by atoms with Gasteiger partial charge in [0.05, 0.1) is 17.0 Å². The molecule has 3 aliphatic rings. The summed E-state index contributed by atoms with van der Waals surface area (Å²) in [5.74, 6) is 0.967. The van der Waals surface area contributed by atoms with Gasteiger partial charge in [-0.2, -0.15) is 0 Å². The average molecular weight is 547 g/mol. The van der Waals surface area contributed by atoms with E-state index in [4.69, 9.17) is 14.2 Å². The highest BCUT2D eigenvalue weighted by atomic mass is 32.2. The summed E-state index contributed by atoms with van der Waals surface area (Å²) in [4.78, 5) is 13.7. The summed E-state index contributed by atoms with van der Waals surface area (Å²) in [6.07, 6.45) is 2.15. The van der Waals surface area contributed by atoms with Crippen molar-refractivity contribution in [2.75, 3.05) is 13.3 Å². The second-order valence-electron chi connectivity index (χ2n) is 10.6. The summed E-state index contributed by atoms with van der Waals surface area (Å²) in [6.45, 7) is 3.60. The first kappa shape index (κ1) is 26.6. The van der Waals surface area contributed by atoms with E-state index >= 15 is 0 Å². The van der Waals surface area contributed by atoms with Gasteiger partial charge in [0.25, 0.3) is 0 Å². The number of ether oxygens (including phenoxy) is 3. The maximum Gasteiger partial charge on any atom is 0.409 e. The zero-order valence-corrected chi connectivity index (χ0v) is 22.3. The van der Waals surface area contributed by atoms with Gasteiger partial charge < -0.3 is 24.4 Å². The normalized spacial score (nSPS) is 23.6. The minimum Gasteiger partial charge on any atom is -0.508 e. The molecule has 206 valence electrons. The van der Waals surface area contributed by atoms with Gasteiger partial charge in [0.1, 0.15) is 16.8 Å². The molecule has 11 heteroatoms. The Bertz CT molecular complexity index is 1270. The van der Waals surface area contributed by atoms with Crippen LogP contribution in [0.15, 0.2) is 47.4 Å². The minimum atomic E-state index is -3.80. The maximum atomic E-state index is 13.9. The van der Waals surface area contributed by atoms with Crippen LogP contribution >= 0.6 is 0 Å². The first-order valence-corrected chi connectivity index (χ1v) is 14.5. The van der Waals surface area contributed by atoms with Crippen molar-refractivity contribution in [1.29, 1.82) is 0 Å². The highest BCUT2D eigenvalue weighted by Crippen LogP contribution is 2.38. The largest absolute Gasteiger partial charge is 0.508 e. The number of hydrogen-bond donors (Lipinski definition) is 3. The number of aromatic hydroxyl groups is 1. The van der Waals surface area contributed by atoms with Gasteiger partial charge in [-0.05, 0) is 68.9 Å². The van der Waals surface area contributed by atoms with Gasteiger partial charge in [0.15, 0.2) is 21.3 Å². The number of phenols is 1. The van der Waals surface area contributed by atoms with Gasteiger partial charge in [0.2, 0.25) is 6.79 Å². The molecular weight excluding hydrogens is 512 g/mol. The van der Waals surface area contributed by atoms with E-state index in [1.807, 2.05) is 0 Å². The Kier molecular flexibility index (Phi) is 7.19. The van der Waals surface area contributed by atoms with E-state index in [2.05, 4.69) is 5.32 Å². The fourth-order valence-electron chi connectivity index (χ4n) is 5.94. The Labute approximate surface area is 222 Å². The van der Waals surface area contributed by atoms with Crippen LogP contribution in [-0.2, 0) is 21.0 Å². The molecule has 38 heavy (non-hydrogen) atoms. The molecule has 3 N–H and O–H groups in total. The van der Waals surface area contributed by atoms with Crippen LogP contribution in [0.4, 0.5) is 4.79 Å². The Balaban J connectivity index is 1.41. The van der Waals surface area contributed by atoms with Gasteiger partial charge in [-0.25, -0.2) is 13.2 Å². The number of amides is 1. The lowest BCUT2D eigenvalue weighted by Gasteiger charge is -2.31. The van der Waals surface area contributed by atoms with Crippen LogP contribution in [0.25, 0.3) is 0 Å². The van der Waals surface area contributed by atoms with Gasteiger partial charge >= 0.3 is 6.09 Å². The number of carbonyl (C=O) groups is 1. The third-order valence-corrected chi connectivity index (χ3v) is 9.85. The molecule has 2 aromatic rings. The minimum absolute atomic E-state index is 0.0560. The number of benzene rings is 2. The van der Waals surface area contributed by atoms with Crippen molar-refractivity contribution in [3.05, 3.63) is 48.0 Å². The number of hydrogen-bond acceptors (Lipinski definition) is 8. The quantitative estimate of drug-likeness (QED) is 0.453. The monoisotopic (exact) mass is 546 g/mol. The fourth-order valence-corrected chi connectivity index (χ4v) is 7.86. The standard InChI is InChI=1S/C27H34N2O8S/c1-27(2)29(26(31)32)21(13-17-7-9-19(30)10-8-17)24(37-27)15-28-25(18-5-3-4-6-18)38(33,34)20-11-12-22-23(14-20)36-16-35-22/h7-12,14,18,21,24-25,28,30H,3-6,13,15-16H2,1-2H3,(H,31,32)/t21-,24+,25?/m0/s1. The zero-order valence-electron chi connectivity index (χ0n) is 21.5. The van der Waals surface area contributed by atoms with Crippen LogP contribution < -0.4 is 14.8 Å². The molecular formula is C27H34N2O8S. The van der Waals surface area contributed by atoms with Crippen molar-refractivity contribution in [3.8, 4) is 17.2 Å². The number of nitrogens with one attached hydrogen (secondary N) is 1. The van der Waals surface area contributed by atoms with E-state index in [0.29, 0.717) is 17.9 Å². The third-order valence-electron chi connectivity index (χ3n) is 7.72. The van der Waals surface area contributed by atoms with Gasteiger partial charge in [-0.15, -0.1) is 0 Å². The second kappa shape index (κ2) is 10.3. The molecule has 2 aliphatic heterocycles. The summed E-state index contributed by atoms with van der Waals surface area (Å²) >= 11 is 0. The van der Waals surface area contributed by atoms with Crippen LogP contribution in [0, 0.1) is 5.92 Å². The van der Waals surface area contributed by atoms with Crippen LogP contribution in [0.1, 0.15) is 45.1 Å². The van der Waals surface area contributed by atoms with Crippen molar-refractivity contribution in [2.45, 2.75) is 74.1 Å². The van der Waals surface area contributed by atoms with Crippen LogP contribution in [0.5, 0.6) is 17.2 Å². The van der Waals surface area contributed by atoms with E-state index in [1.165, 1.54) is 11.0 Å². The fraction of sp³-hybridized carbons (Fsp3) is 0.519. The van der Waals surface area contributed by atoms with Crippen LogP contribution in [0.3, 0.4) is 0 Å². The van der Waals surface area contributed by atoms with Crippen LogP contribution in [-0.4, -0.2) is 66.2 Å². The first-order chi connectivity index (χ1) is 18.1. The highest BCUT2D eigenvalue weighted by molar-refractivity contribution is 7.92. The van der Waals surface area contributed by atoms with E-state index in [-0.39, 0.29) is 29.9 Å². The van der Waals surface area contributed by atoms with Crippen LogP contribution in [0.2, 0.25) is 0 Å².